The Morgan fingerprint density at radius 3 is 2.85 bits per heavy atom. The predicted octanol–water partition coefficient (Wildman–Crippen LogP) is 3.44. The van der Waals surface area contributed by atoms with Gasteiger partial charge in [-0.15, -0.1) is 0 Å². The van der Waals surface area contributed by atoms with Gasteiger partial charge in [-0.3, -0.25) is 4.79 Å². The summed E-state index contributed by atoms with van der Waals surface area (Å²) in [5, 5.41) is 6.30. The van der Waals surface area contributed by atoms with Crippen molar-refractivity contribution in [2.45, 2.75) is 26.7 Å². The zero-order chi connectivity index (χ0) is 14.8. The van der Waals surface area contributed by atoms with Crippen LogP contribution in [-0.4, -0.2) is 19.0 Å². The van der Waals surface area contributed by atoms with Gasteiger partial charge in [-0.25, -0.2) is 4.39 Å². The van der Waals surface area contributed by atoms with Crippen LogP contribution < -0.4 is 10.6 Å². The van der Waals surface area contributed by atoms with Gasteiger partial charge < -0.3 is 10.6 Å². The van der Waals surface area contributed by atoms with Gasteiger partial charge in [0.25, 0.3) is 0 Å². The second-order valence-electron chi connectivity index (χ2n) is 5.84. The number of nitrogens with one attached hydrogen (secondary N) is 2. The first kappa shape index (κ1) is 15.3. The molecule has 0 spiro atoms. The van der Waals surface area contributed by atoms with Gasteiger partial charge in [0, 0.05) is 10.4 Å². The minimum Gasteiger partial charge on any atom is -0.323 e. The van der Waals surface area contributed by atoms with E-state index in [4.69, 9.17) is 11.6 Å². The average Bonchev–Trinajstić information content (AvgIpc) is 2.42. The quantitative estimate of drug-likeness (QED) is 0.897. The number of benzene rings is 1. The number of hydrogen-bond acceptors (Lipinski definition) is 2. The van der Waals surface area contributed by atoms with E-state index in [1.807, 2.05) is 13.8 Å². The number of piperidine rings is 1. The molecule has 3 nitrogen and oxygen atoms in total. The minimum atomic E-state index is -0.542. The summed E-state index contributed by atoms with van der Waals surface area (Å²) < 4.78 is 13.7. The summed E-state index contributed by atoms with van der Waals surface area (Å²) in [4.78, 5) is 12.4. The van der Waals surface area contributed by atoms with Crippen LogP contribution >= 0.6 is 11.6 Å². The van der Waals surface area contributed by atoms with Crippen molar-refractivity contribution >= 4 is 23.2 Å². The molecule has 5 heteroatoms. The van der Waals surface area contributed by atoms with E-state index >= 15 is 0 Å². The van der Waals surface area contributed by atoms with Gasteiger partial charge in [-0.2, -0.15) is 0 Å². The molecular weight excluding hydrogens is 279 g/mol. The van der Waals surface area contributed by atoms with Crippen molar-refractivity contribution in [3.05, 3.63) is 29.0 Å². The number of amides is 1. The van der Waals surface area contributed by atoms with E-state index in [9.17, 15) is 9.18 Å². The van der Waals surface area contributed by atoms with E-state index in [2.05, 4.69) is 10.6 Å². The topological polar surface area (TPSA) is 41.1 Å². The van der Waals surface area contributed by atoms with Crippen LogP contribution in [0.4, 0.5) is 10.1 Å². The van der Waals surface area contributed by atoms with Gasteiger partial charge in [0.1, 0.15) is 5.82 Å². The van der Waals surface area contributed by atoms with Crippen LogP contribution in [0.3, 0.4) is 0 Å². The fraction of sp³-hybridized carbons (Fsp3) is 0.533. The Kier molecular flexibility index (Phi) is 4.66. The number of carbonyl (C=O) groups is 1. The predicted molar refractivity (Wildman–Crippen MR) is 79.4 cm³/mol. The molecule has 1 aliphatic heterocycles. The Morgan fingerprint density at radius 2 is 2.25 bits per heavy atom. The van der Waals surface area contributed by atoms with Gasteiger partial charge in [-0.1, -0.05) is 25.4 Å². The Morgan fingerprint density at radius 1 is 1.50 bits per heavy atom. The molecule has 1 aliphatic rings. The first-order chi connectivity index (χ1) is 9.41. The van der Waals surface area contributed by atoms with E-state index in [1.165, 1.54) is 12.1 Å². The van der Waals surface area contributed by atoms with Crippen molar-refractivity contribution in [2.75, 3.05) is 18.4 Å². The van der Waals surface area contributed by atoms with Crippen molar-refractivity contribution in [2.24, 2.45) is 11.3 Å². The summed E-state index contributed by atoms with van der Waals surface area (Å²) in [6, 6.07) is 4.26. The van der Waals surface area contributed by atoms with E-state index in [0.717, 1.165) is 25.9 Å². The monoisotopic (exact) mass is 298 g/mol. The van der Waals surface area contributed by atoms with Gasteiger partial charge in [0.2, 0.25) is 5.91 Å². The Bertz CT molecular complexity index is 499. The second kappa shape index (κ2) is 6.10. The van der Waals surface area contributed by atoms with Crippen molar-refractivity contribution in [1.82, 2.24) is 5.32 Å². The van der Waals surface area contributed by atoms with Gasteiger partial charge in [0.05, 0.1) is 5.69 Å². The maximum atomic E-state index is 13.7. The largest absolute Gasteiger partial charge is 0.323 e. The van der Waals surface area contributed by atoms with Gasteiger partial charge in [0.15, 0.2) is 0 Å². The molecule has 0 bridgehead atoms. The molecule has 1 saturated heterocycles. The lowest BCUT2D eigenvalue weighted by Crippen LogP contribution is -2.44. The highest BCUT2D eigenvalue weighted by Gasteiger charge is 2.37. The van der Waals surface area contributed by atoms with Crippen LogP contribution in [0.5, 0.6) is 0 Å². The molecule has 110 valence electrons. The molecule has 20 heavy (non-hydrogen) atoms. The zero-order valence-corrected chi connectivity index (χ0v) is 12.6. The lowest BCUT2D eigenvalue weighted by molar-refractivity contribution is -0.127. The fourth-order valence-electron chi connectivity index (χ4n) is 2.53. The molecule has 1 aromatic rings. The Labute approximate surface area is 123 Å². The van der Waals surface area contributed by atoms with Gasteiger partial charge in [-0.05, 0) is 50.0 Å². The molecule has 1 amide bonds. The number of halogens is 2. The Balaban J connectivity index is 2.09. The molecule has 1 fully saturated rings. The average molecular weight is 299 g/mol. The lowest BCUT2D eigenvalue weighted by atomic mass is 9.74. The van der Waals surface area contributed by atoms with Crippen LogP contribution in [0.15, 0.2) is 18.2 Å². The lowest BCUT2D eigenvalue weighted by Gasteiger charge is -2.36. The summed E-state index contributed by atoms with van der Waals surface area (Å²) in [6.07, 6.45) is 2.08. The zero-order valence-electron chi connectivity index (χ0n) is 11.8. The highest BCUT2D eigenvalue weighted by Crippen LogP contribution is 2.33. The molecule has 0 aromatic heterocycles. The summed E-state index contributed by atoms with van der Waals surface area (Å²) in [5.41, 5.74) is -0.365. The molecule has 0 aliphatic carbocycles. The van der Waals surface area contributed by atoms with E-state index in [-0.39, 0.29) is 17.5 Å². The van der Waals surface area contributed by atoms with Crippen molar-refractivity contribution in [3.8, 4) is 0 Å². The normalized spacial score (nSPS) is 19.7. The van der Waals surface area contributed by atoms with E-state index in [0.29, 0.717) is 5.02 Å². The fourth-order valence-corrected chi connectivity index (χ4v) is 2.69. The van der Waals surface area contributed by atoms with Crippen molar-refractivity contribution in [3.63, 3.8) is 0 Å². The highest BCUT2D eigenvalue weighted by molar-refractivity contribution is 6.30. The number of hydrogen-bond donors (Lipinski definition) is 2. The standard InChI is InChI=1S/C15H20ClFN2O/c1-15(2,10-4-3-7-18-9-10)14(20)19-13-6-5-11(16)8-12(13)17/h5-6,8,10,18H,3-4,7,9H2,1-2H3,(H,19,20). The molecule has 0 saturated carbocycles. The number of rotatable bonds is 3. The smallest absolute Gasteiger partial charge is 0.230 e. The summed E-state index contributed by atoms with van der Waals surface area (Å²) >= 11 is 5.70. The number of anilines is 1. The SMILES string of the molecule is CC(C)(C(=O)Nc1ccc(Cl)cc1F)C1CCCNC1. The first-order valence-corrected chi connectivity index (χ1v) is 7.26. The molecular formula is C15H20ClFN2O. The van der Waals surface area contributed by atoms with Crippen LogP contribution in [-0.2, 0) is 4.79 Å². The second-order valence-corrected chi connectivity index (χ2v) is 6.28. The maximum Gasteiger partial charge on any atom is 0.230 e. The molecule has 1 heterocycles. The van der Waals surface area contributed by atoms with Crippen LogP contribution in [0.2, 0.25) is 5.02 Å². The third-order valence-corrected chi connectivity index (χ3v) is 4.32. The van der Waals surface area contributed by atoms with Crippen LogP contribution in [0, 0.1) is 17.2 Å². The van der Waals surface area contributed by atoms with Crippen LogP contribution in [0.25, 0.3) is 0 Å². The van der Waals surface area contributed by atoms with E-state index < -0.39 is 11.2 Å². The maximum absolute atomic E-state index is 13.7. The molecule has 1 aromatic carbocycles. The molecule has 2 rings (SSSR count). The van der Waals surface area contributed by atoms with E-state index in [1.54, 1.807) is 6.07 Å². The third kappa shape index (κ3) is 3.30. The number of carbonyl (C=O) groups excluding carboxylic acids is 1. The van der Waals surface area contributed by atoms with Gasteiger partial charge >= 0.3 is 0 Å². The third-order valence-electron chi connectivity index (χ3n) is 4.08. The first-order valence-electron chi connectivity index (χ1n) is 6.88. The van der Waals surface area contributed by atoms with Crippen molar-refractivity contribution < 1.29 is 9.18 Å². The molecule has 2 N–H and O–H groups in total. The summed E-state index contributed by atoms with van der Waals surface area (Å²) in [5.74, 6) is -0.414. The van der Waals surface area contributed by atoms with Crippen LogP contribution in [0.1, 0.15) is 26.7 Å². The molecule has 1 atom stereocenters. The minimum absolute atomic E-state index is 0.160. The highest BCUT2D eigenvalue weighted by atomic mass is 35.5. The summed E-state index contributed by atoms with van der Waals surface area (Å²) in [7, 11) is 0. The molecule has 0 radical (unpaired) electrons. The summed E-state index contributed by atoms with van der Waals surface area (Å²) in [6.45, 7) is 5.64. The van der Waals surface area contributed by atoms with Crippen molar-refractivity contribution in [1.29, 1.82) is 0 Å². The Hall–Kier alpha value is -1.13. The molecule has 1 unspecified atom stereocenters.